The van der Waals surface area contributed by atoms with Gasteiger partial charge in [0, 0.05) is 35.4 Å². The fraction of sp³-hybridized carbons (Fsp3) is 0.875. The summed E-state index contributed by atoms with van der Waals surface area (Å²) in [7, 11) is 1.01. The molecule has 4 nitrogen and oxygen atoms in total. The molecule has 1 amide bonds. The molecule has 0 bridgehead atoms. The third-order valence-corrected chi connectivity index (χ3v) is 3.60. The minimum Gasteiger partial charge on any atom is -0.358 e. The van der Waals surface area contributed by atoms with E-state index in [1.165, 1.54) is 0 Å². The molecule has 0 aromatic rings. The number of rotatable bonds is 3. The highest BCUT2D eigenvalue weighted by Crippen LogP contribution is 2.08. The molecule has 0 atom stereocenters. The van der Waals surface area contributed by atoms with Crippen molar-refractivity contribution in [2.75, 3.05) is 25.1 Å². The van der Waals surface area contributed by atoms with Crippen LogP contribution in [0.1, 0.15) is 12.8 Å². The van der Waals surface area contributed by atoms with Gasteiger partial charge in [-0.3, -0.25) is 9.00 Å². The summed E-state index contributed by atoms with van der Waals surface area (Å²) >= 11 is 0. The lowest BCUT2D eigenvalue weighted by atomic mass is 10.1. The fourth-order valence-electron chi connectivity index (χ4n) is 1.32. The second-order valence-corrected chi connectivity index (χ2v) is 4.87. The van der Waals surface area contributed by atoms with E-state index in [0.717, 1.165) is 24.3 Å². The highest BCUT2D eigenvalue weighted by atomic mass is 32.2. The van der Waals surface area contributed by atoms with Crippen molar-refractivity contribution in [3.63, 3.8) is 0 Å². The zero-order valence-corrected chi connectivity index (χ0v) is 8.65. The summed E-state index contributed by atoms with van der Waals surface area (Å²) in [5, 5.41) is 5.70. The maximum Gasteiger partial charge on any atom is 0.233 e. The maximum absolute atomic E-state index is 11.0. The summed E-state index contributed by atoms with van der Waals surface area (Å²) in [6, 6.07) is 0.370. The topological polar surface area (TPSA) is 58.2 Å². The van der Waals surface area contributed by atoms with E-state index in [4.69, 9.17) is 0 Å². The zero-order valence-electron chi connectivity index (χ0n) is 7.84. The first-order chi connectivity index (χ1) is 6.22. The van der Waals surface area contributed by atoms with Gasteiger partial charge in [-0.2, -0.15) is 0 Å². The molecule has 13 heavy (non-hydrogen) atoms. The average molecular weight is 204 g/mol. The van der Waals surface area contributed by atoms with Crippen LogP contribution in [0.25, 0.3) is 0 Å². The second kappa shape index (κ2) is 5.34. The van der Waals surface area contributed by atoms with E-state index in [1.807, 2.05) is 0 Å². The Hall–Kier alpha value is -0.420. The van der Waals surface area contributed by atoms with Gasteiger partial charge in [0.25, 0.3) is 0 Å². The number of carbonyl (C=O) groups excluding carboxylic acids is 1. The van der Waals surface area contributed by atoms with Crippen molar-refractivity contribution in [2.45, 2.75) is 18.9 Å². The Balaban J connectivity index is 2.15. The van der Waals surface area contributed by atoms with Crippen LogP contribution in [0.2, 0.25) is 0 Å². The number of hydrogen-bond donors (Lipinski definition) is 2. The largest absolute Gasteiger partial charge is 0.358 e. The molecule has 1 rings (SSSR count). The maximum atomic E-state index is 11.0. The van der Waals surface area contributed by atoms with Crippen LogP contribution in [-0.2, 0) is 15.6 Å². The number of nitrogens with one attached hydrogen (secondary N) is 2. The van der Waals surface area contributed by atoms with Gasteiger partial charge in [-0.1, -0.05) is 0 Å². The predicted molar refractivity (Wildman–Crippen MR) is 53.0 cm³/mol. The smallest absolute Gasteiger partial charge is 0.233 e. The first kappa shape index (κ1) is 10.7. The van der Waals surface area contributed by atoms with E-state index in [2.05, 4.69) is 10.6 Å². The van der Waals surface area contributed by atoms with Gasteiger partial charge >= 0.3 is 0 Å². The summed E-state index contributed by atoms with van der Waals surface area (Å²) in [4.78, 5) is 10.9. The van der Waals surface area contributed by atoms with Gasteiger partial charge in [-0.05, 0) is 12.8 Å². The summed E-state index contributed by atoms with van der Waals surface area (Å²) in [6.07, 6.45) is 1.84. The first-order valence-corrected chi connectivity index (χ1v) is 6.00. The van der Waals surface area contributed by atoms with E-state index in [9.17, 15) is 9.00 Å². The highest BCUT2D eigenvalue weighted by Gasteiger charge is 2.17. The van der Waals surface area contributed by atoms with Crippen molar-refractivity contribution in [2.24, 2.45) is 0 Å². The van der Waals surface area contributed by atoms with Crippen LogP contribution in [0.5, 0.6) is 0 Å². The molecule has 0 spiro atoms. The molecule has 0 aromatic carbocycles. The normalized spacial score (nSPS) is 28.4. The first-order valence-electron chi connectivity index (χ1n) is 4.51. The quantitative estimate of drug-likeness (QED) is 0.635. The SMILES string of the molecule is CNC(=O)CNC1CCS(=O)CC1. The fourth-order valence-corrected chi connectivity index (χ4v) is 2.62. The Kier molecular flexibility index (Phi) is 4.38. The molecule has 1 saturated heterocycles. The molecule has 76 valence electrons. The molecule has 1 aliphatic rings. The van der Waals surface area contributed by atoms with Crippen LogP contribution in [0.3, 0.4) is 0 Å². The lowest BCUT2D eigenvalue weighted by Gasteiger charge is -2.21. The summed E-state index contributed by atoms with van der Waals surface area (Å²) in [5.74, 6) is 1.54. The van der Waals surface area contributed by atoms with Crippen LogP contribution >= 0.6 is 0 Å². The number of hydrogen-bond acceptors (Lipinski definition) is 3. The Labute approximate surface area is 80.9 Å². The highest BCUT2D eigenvalue weighted by molar-refractivity contribution is 7.85. The molecule has 1 fully saturated rings. The lowest BCUT2D eigenvalue weighted by Crippen LogP contribution is -2.41. The third-order valence-electron chi connectivity index (χ3n) is 2.22. The standard InChI is InChI=1S/C8H16N2O2S/c1-9-8(11)6-10-7-2-4-13(12)5-3-7/h7,10H,2-6H2,1H3,(H,9,11). The van der Waals surface area contributed by atoms with Crippen LogP contribution in [0, 0.1) is 0 Å². The van der Waals surface area contributed by atoms with E-state index in [-0.39, 0.29) is 5.91 Å². The molecule has 1 heterocycles. The van der Waals surface area contributed by atoms with Crippen molar-refractivity contribution in [1.82, 2.24) is 10.6 Å². The van der Waals surface area contributed by atoms with Gasteiger partial charge in [0.1, 0.15) is 0 Å². The Morgan fingerprint density at radius 3 is 2.62 bits per heavy atom. The van der Waals surface area contributed by atoms with Gasteiger partial charge in [-0.25, -0.2) is 0 Å². The predicted octanol–water partition coefficient (Wildman–Crippen LogP) is -0.767. The monoisotopic (exact) mass is 204 g/mol. The summed E-state index contributed by atoms with van der Waals surface area (Å²) in [5.41, 5.74) is 0. The third kappa shape index (κ3) is 3.87. The van der Waals surface area contributed by atoms with Crippen molar-refractivity contribution >= 4 is 16.7 Å². The molecule has 0 unspecified atom stereocenters. The van der Waals surface area contributed by atoms with Crippen LogP contribution in [0.15, 0.2) is 0 Å². The van der Waals surface area contributed by atoms with E-state index < -0.39 is 10.8 Å². The molecule has 2 N–H and O–H groups in total. The molecule has 5 heteroatoms. The van der Waals surface area contributed by atoms with Gasteiger partial charge in [0.15, 0.2) is 0 Å². The minimum absolute atomic E-state index is 0.00620. The number of likely N-dealkylation sites (N-methyl/N-ethyl adjacent to an activating group) is 1. The Morgan fingerprint density at radius 2 is 2.08 bits per heavy atom. The molecular weight excluding hydrogens is 188 g/mol. The zero-order chi connectivity index (χ0) is 9.68. The second-order valence-electron chi connectivity index (χ2n) is 3.18. The van der Waals surface area contributed by atoms with Gasteiger partial charge in [-0.15, -0.1) is 0 Å². The Bertz CT molecular complexity index is 198. The van der Waals surface area contributed by atoms with Gasteiger partial charge in [0.2, 0.25) is 5.91 Å². The molecule has 0 aromatic heterocycles. The van der Waals surface area contributed by atoms with E-state index >= 15 is 0 Å². The van der Waals surface area contributed by atoms with Crippen molar-refractivity contribution in [3.05, 3.63) is 0 Å². The molecule has 0 radical (unpaired) electrons. The lowest BCUT2D eigenvalue weighted by molar-refractivity contribution is -0.119. The molecule has 1 aliphatic heterocycles. The number of carbonyl (C=O) groups is 1. The molecular formula is C8H16N2O2S. The van der Waals surface area contributed by atoms with Crippen LogP contribution in [-0.4, -0.2) is 41.3 Å². The summed E-state index contributed by atoms with van der Waals surface area (Å²) in [6.45, 7) is 0.369. The minimum atomic E-state index is -0.618. The average Bonchev–Trinajstić information content (AvgIpc) is 2.16. The van der Waals surface area contributed by atoms with Crippen molar-refractivity contribution < 1.29 is 9.00 Å². The molecule has 0 saturated carbocycles. The van der Waals surface area contributed by atoms with Crippen LogP contribution in [0.4, 0.5) is 0 Å². The van der Waals surface area contributed by atoms with Crippen molar-refractivity contribution in [1.29, 1.82) is 0 Å². The van der Waals surface area contributed by atoms with Gasteiger partial charge in [0.05, 0.1) is 6.54 Å². The van der Waals surface area contributed by atoms with Crippen LogP contribution < -0.4 is 10.6 Å². The number of amides is 1. The Morgan fingerprint density at radius 1 is 1.46 bits per heavy atom. The summed E-state index contributed by atoms with van der Waals surface area (Å²) < 4.78 is 11.0. The van der Waals surface area contributed by atoms with Crippen molar-refractivity contribution in [3.8, 4) is 0 Å². The van der Waals surface area contributed by atoms with E-state index in [0.29, 0.717) is 12.6 Å². The van der Waals surface area contributed by atoms with Gasteiger partial charge < -0.3 is 10.6 Å². The van der Waals surface area contributed by atoms with E-state index in [1.54, 1.807) is 7.05 Å². The molecule has 0 aliphatic carbocycles.